The van der Waals surface area contributed by atoms with E-state index in [4.69, 9.17) is 4.74 Å². The average molecular weight is 290 g/mol. The van der Waals surface area contributed by atoms with Crippen LogP contribution < -0.4 is 10.2 Å². The molecule has 0 radical (unpaired) electrons. The Kier molecular flexibility index (Phi) is 4.57. The summed E-state index contributed by atoms with van der Waals surface area (Å²) in [4.78, 5) is 13.6. The fourth-order valence-corrected chi connectivity index (χ4v) is 3.04. The monoisotopic (exact) mass is 290 g/mol. The fraction of sp³-hybridized carbons (Fsp3) is 0.588. The molecule has 1 N–H and O–H groups in total. The molecule has 4 nitrogen and oxygen atoms in total. The van der Waals surface area contributed by atoms with Crippen LogP contribution in [0, 0.1) is 0 Å². The van der Waals surface area contributed by atoms with E-state index in [1.54, 1.807) is 0 Å². The number of carbonyl (C=O) groups excluding carboxylic acids is 1. The summed E-state index contributed by atoms with van der Waals surface area (Å²) in [5.41, 5.74) is 3.49. The van der Waals surface area contributed by atoms with Crippen LogP contribution in [0.25, 0.3) is 0 Å². The zero-order valence-electron chi connectivity index (χ0n) is 13.7. The maximum atomic E-state index is 11.3. The third-order valence-electron chi connectivity index (χ3n) is 4.51. The Morgan fingerprint density at radius 3 is 2.76 bits per heavy atom. The molecule has 0 aliphatic carbocycles. The SMILES string of the molecule is CCOCCN1c2cc(NC(C)=O)ccc2C(C)(C)C1C. The van der Waals surface area contributed by atoms with E-state index in [1.807, 2.05) is 13.0 Å². The maximum absolute atomic E-state index is 11.3. The van der Waals surface area contributed by atoms with E-state index >= 15 is 0 Å². The molecule has 1 unspecified atom stereocenters. The number of carbonyl (C=O) groups is 1. The maximum Gasteiger partial charge on any atom is 0.221 e. The number of amides is 1. The van der Waals surface area contributed by atoms with Gasteiger partial charge >= 0.3 is 0 Å². The first-order valence-corrected chi connectivity index (χ1v) is 7.64. The normalized spacial score (nSPS) is 19.5. The average Bonchev–Trinajstić information content (AvgIpc) is 2.59. The van der Waals surface area contributed by atoms with Gasteiger partial charge in [0.2, 0.25) is 5.91 Å². The van der Waals surface area contributed by atoms with Crippen molar-refractivity contribution in [3.8, 4) is 0 Å². The highest BCUT2D eigenvalue weighted by atomic mass is 16.5. The Bertz CT molecular complexity index is 526. The highest BCUT2D eigenvalue weighted by Crippen LogP contribution is 2.45. The number of benzene rings is 1. The van der Waals surface area contributed by atoms with Gasteiger partial charge in [0.25, 0.3) is 0 Å². The topological polar surface area (TPSA) is 41.6 Å². The molecule has 1 aliphatic rings. The first-order valence-electron chi connectivity index (χ1n) is 7.64. The number of nitrogens with zero attached hydrogens (tertiary/aromatic N) is 1. The molecule has 1 aromatic rings. The quantitative estimate of drug-likeness (QED) is 0.847. The highest BCUT2D eigenvalue weighted by molar-refractivity contribution is 5.89. The van der Waals surface area contributed by atoms with E-state index in [2.05, 4.69) is 43.1 Å². The Hall–Kier alpha value is -1.55. The number of hydrogen-bond donors (Lipinski definition) is 1. The van der Waals surface area contributed by atoms with Crippen LogP contribution in [-0.4, -0.2) is 31.7 Å². The second kappa shape index (κ2) is 6.06. The molecular formula is C17H26N2O2. The molecule has 1 aliphatic heterocycles. The molecule has 1 amide bonds. The summed E-state index contributed by atoms with van der Waals surface area (Å²) in [5, 5.41) is 2.87. The van der Waals surface area contributed by atoms with Gasteiger partial charge in [-0.2, -0.15) is 0 Å². The van der Waals surface area contributed by atoms with Gasteiger partial charge in [-0.15, -0.1) is 0 Å². The van der Waals surface area contributed by atoms with Crippen molar-refractivity contribution in [1.29, 1.82) is 0 Å². The molecule has 1 heterocycles. The van der Waals surface area contributed by atoms with Gasteiger partial charge in [-0.1, -0.05) is 19.9 Å². The Labute approximate surface area is 127 Å². The molecule has 0 fully saturated rings. The molecule has 0 saturated carbocycles. The van der Waals surface area contributed by atoms with Crippen molar-refractivity contribution in [1.82, 2.24) is 0 Å². The summed E-state index contributed by atoms with van der Waals surface area (Å²) in [6, 6.07) is 6.60. The van der Waals surface area contributed by atoms with Crippen LogP contribution in [-0.2, 0) is 14.9 Å². The zero-order chi connectivity index (χ0) is 15.6. The van der Waals surface area contributed by atoms with Crippen molar-refractivity contribution in [2.45, 2.75) is 46.1 Å². The molecule has 1 aromatic carbocycles. The lowest BCUT2D eigenvalue weighted by Gasteiger charge is -2.31. The molecule has 4 heteroatoms. The first-order chi connectivity index (χ1) is 9.87. The molecule has 21 heavy (non-hydrogen) atoms. The minimum atomic E-state index is -0.0406. The minimum Gasteiger partial charge on any atom is -0.380 e. The number of fused-ring (bicyclic) bond motifs is 1. The first kappa shape index (κ1) is 15.8. The summed E-state index contributed by atoms with van der Waals surface area (Å²) in [6.45, 7) is 12.7. The smallest absolute Gasteiger partial charge is 0.221 e. The van der Waals surface area contributed by atoms with Crippen LogP contribution in [0.3, 0.4) is 0 Å². The van der Waals surface area contributed by atoms with E-state index in [0.717, 1.165) is 25.4 Å². The second-order valence-electron chi connectivity index (χ2n) is 6.20. The summed E-state index contributed by atoms with van der Waals surface area (Å²) >= 11 is 0. The molecule has 0 spiro atoms. The summed E-state index contributed by atoms with van der Waals surface area (Å²) in [5.74, 6) is -0.0406. The molecule has 1 atom stereocenters. The summed E-state index contributed by atoms with van der Waals surface area (Å²) in [6.07, 6.45) is 0. The fourth-order valence-electron chi connectivity index (χ4n) is 3.04. The van der Waals surface area contributed by atoms with Crippen LogP contribution in [0.5, 0.6) is 0 Å². The minimum absolute atomic E-state index is 0.0406. The van der Waals surface area contributed by atoms with Crippen molar-refractivity contribution < 1.29 is 9.53 Å². The Morgan fingerprint density at radius 2 is 2.14 bits per heavy atom. The van der Waals surface area contributed by atoms with E-state index in [0.29, 0.717) is 6.04 Å². The Balaban J connectivity index is 2.31. The molecule has 0 saturated heterocycles. The van der Waals surface area contributed by atoms with Crippen LogP contribution >= 0.6 is 0 Å². The number of nitrogens with one attached hydrogen (secondary N) is 1. The number of anilines is 2. The number of ether oxygens (including phenoxy) is 1. The van der Waals surface area contributed by atoms with Gasteiger partial charge in [-0.25, -0.2) is 0 Å². The third kappa shape index (κ3) is 3.05. The zero-order valence-corrected chi connectivity index (χ0v) is 13.7. The molecule has 0 bridgehead atoms. The lowest BCUT2D eigenvalue weighted by atomic mass is 9.81. The van der Waals surface area contributed by atoms with Crippen LogP contribution in [0.4, 0.5) is 11.4 Å². The van der Waals surface area contributed by atoms with Crippen molar-refractivity contribution in [2.24, 2.45) is 0 Å². The molecule has 0 aromatic heterocycles. The van der Waals surface area contributed by atoms with Gasteiger partial charge in [0, 0.05) is 42.9 Å². The molecular weight excluding hydrogens is 264 g/mol. The third-order valence-corrected chi connectivity index (χ3v) is 4.51. The van der Waals surface area contributed by atoms with Crippen molar-refractivity contribution >= 4 is 17.3 Å². The largest absolute Gasteiger partial charge is 0.380 e. The van der Waals surface area contributed by atoms with Gasteiger partial charge in [-0.3, -0.25) is 4.79 Å². The summed E-state index contributed by atoms with van der Waals surface area (Å²) in [7, 11) is 0. The molecule has 116 valence electrons. The lowest BCUT2D eigenvalue weighted by Crippen LogP contribution is -2.40. The van der Waals surface area contributed by atoms with Gasteiger partial charge in [0.05, 0.1) is 6.61 Å². The van der Waals surface area contributed by atoms with Gasteiger partial charge < -0.3 is 15.0 Å². The predicted octanol–water partition coefficient (Wildman–Crippen LogP) is 3.17. The predicted molar refractivity (Wildman–Crippen MR) is 87.1 cm³/mol. The number of rotatable bonds is 5. The van der Waals surface area contributed by atoms with E-state index in [1.165, 1.54) is 18.2 Å². The van der Waals surface area contributed by atoms with Gasteiger partial charge in [-0.05, 0) is 31.5 Å². The van der Waals surface area contributed by atoms with Crippen LogP contribution in [0.1, 0.15) is 40.2 Å². The Morgan fingerprint density at radius 1 is 1.43 bits per heavy atom. The van der Waals surface area contributed by atoms with E-state index < -0.39 is 0 Å². The van der Waals surface area contributed by atoms with Crippen molar-refractivity contribution in [2.75, 3.05) is 30.0 Å². The van der Waals surface area contributed by atoms with E-state index in [9.17, 15) is 4.79 Å². The van der Waals surface area contributed by atoms with Crippen LogP contribution in [0.2, 0.25) is 0 Å². The van der Waals surface area contributed by atoms with E-state index in [-0.39, 0.29) is 11.3 Å². The highest BCUT2D eigenvalue weighted by Gasteiger charge is 2.41. The standard InChI is InChI=1S/C17H26N2O2/c1-6-21-10-9-19-12(2)17(4,5)15-8-7-14(11-16(15)19)18-13(3)20/h7-8,11-12H,6,9-10H2,1-5H3,(H,18,20). The van der Waals surface area contributed by atoms with Gasteiger partial charge in [0.15, 0.2) is 0 Å². The molecule has 2 rings (SSSR count). The lowest BCUT2D eigenvalue weighted by molar-refractivity contribution is -0.114. The number of hydrogen-bond acceptors (Lipinski definition) is 3. The second-order valence-corrected chi connectivity index (χ2v) is 6.20. The van der Waals surface area contributed by atoms with Crippen molar-refractivity contribution in [3.05, 3.63) is 23.8 Å². The van der Waals surface area contributed by atoms with Crippen molar-refractivity contribution in [3.63, 3.8) is 0 Å². The summed E-state index contributed by atoms with van der Waals surface area (Å²) < 4.78 is 5.51. The van der Waals surface area contributed by atoms with Gasteiger partial charge in [0.1, 0.15) is 0 Å². The van der Waals surface area contributed by atoms with Crippen LogP contribution in [0.15, 0.2) is 18.2 Å².